The molecule has 2 amide bonds. The number of aryl methyl sites for hydroxylation is 1. The van der Waals surface area contributed by atoms with Crippen molar-refractivity contribution in [3.8, 4) is 0 Å². The van der Waals surface area contributed by atoms with Crippen LogP contribution in [0.4, 0.5) is 0 Å². The molecule has 1 saturated heterocycles. The highest BCUT2D eigenvalue weighted by Crippen LogP contribution is 2.34. The van der Waals surface area contributed by atoms with Crippen molar-refractivity contribution in [3.05, 3.63) is 58.4 Å². The highest BCUT2D eigenvalue weighted by atomic mass is 16.2. The number of carbonyl (C=O) groups excluding carboxylic acids is 2. The summed E-state index contributed by atoms with van der Waals surface area (Å²) >= 11 is 0. The van der Waals surface area contributed by atoms with Crippen LogP contribution in [0.1, 0.15) is 52.1 Å². The van der Waals surface area contributed by atoms with Crippen molar-refractivity contribution in [1.82, 2.24) is 20.0 Å². The number of allylic oxidation sites excluding steroid dienone is 1. The third-order valence-electron chi connectivity index (χ3n) is 6.58. The SMILES string of the molecule is Cc1[nH]nc2c1CCC=C2c1ccc(C(=O)N2CCN(C(=O)C3(N)CC3)CC2)cc1. The number of hydrogen-bond acceptors (Lipinski definition) is 4. The summed E-state index contributed by atoms with van der Waals surface area (Å²) < 4.78 is 0. The Bertz CT molecular complexity index is 1020. The Morgan fingerprint density at radius 1 is 1.07 bits per heavy atom. The summed E-state index contributed by atoms with van der Waals surface area (Å²) in [4.78, 5) is 29.0. The molecular weight excluding hydrogens is 378 g/mol. The van der Waals surface area contributed by atoms with E-state index < -0.39 is 5.54 Å². The Morgan fingerprint density at radius 2 is 1.73 bits per heavy atom. The Labute approximate surface area is 175 Å². The number of fused-ring (bicyclic) bond motifs is 1. The average molecular weight is 406 g/mol. The maximum absolute atomic E-state index is 12.9. The monoisotopic (exact) mass is 405 g/mol. The topological polar surface area (TPSA) is 95.3 Å². The van der Waals surface area contributed by atoms with E-state index in [2.05, 4.69) is 23.2 Å². The second-order valence-corrected chi connectivity index (χ2v) is 8.65. The van der Waals surface area contributed by atoms with Gasteiger partial charge >= 0.3 is 0 Å². The van der Waals surface area contributed by atoms with Gasteiger partial charge in [-0.1, -0.05) is 18.2 Å². The summed E-state index contributed by atoms with van der Waals surface area (Å²) in [6, 6.07) is 7.79. The van der Waals surface area contributed by atoms with Crippen molar-refractivity contribution in [2.45, 2.75) is 38.1 Å². The van der Waals surface area contributed by atoms with Crippen LogP contribution in [0.2, 0.25) is 0 Å². The van der Waals surface area contributed by atoms with Crippen LogP contribution in [-0.2, 0) is 11.2 Å². The number of nitrogens with zero attached hydrogens (tertiary/aromatic N) is 3. The van der Waals surface area contributed by atoms with E-state index in [1.807, 2.05) is 29.2 Å². The first kappa shape index (κ1) is 19.1. The van der Waals surface area contributed by atoms with E-state index in [4.69, 9.17) is 5.73 Å². The summed E-state index contributed by atoms with van der Waals surface area (Å²) in [6.07, 6.45) is 5.77. The van der Waals surface area contributed by atoms with Gasteiger partial charge in [0.2, 0.25) is 5.91 Å². The third kappa shape index (κ3) is 3.23. The summed E-state index contributed by atoms with van der Waals surface area (Å²) in [7, 11) is 0. The van der Waals surface area contributed by atoms with E-state index in [-0.39, 0.29) is 11.8 Å². The van der Waals surface area contributed by atoms with Crippen LogP contribution >= 0.6 is 0 Å². The zero-order valence-electron chi connectivity index (χ0n) is 17.3. The zero-order valence-corrected chi connectivity index (χ0v) is 17.3. The second kappa shape index (κ2) is 7.09. The number of hydrogen-bond donors (Lipinski definition) is 2. The molecule has 2 aromatic rings. The molecule has 0 bridgehead atoms. The normalized spacial score (nSPS) is 19.9. The predicted octanol–water partition coefficient (Wildman–Crippen LogP) is 1.87. The average Bonchev–Trinajstić information content (AvgIpc) is 3.43. The first-order valence-electron chi connectivity index (χ1n) is 10.7. The molecule has 2 aliphatic carbocycles. The van der Waals surface area contributed by atoms with E-state index in [9.17, 15) is 9.59 Å². The minimum absolute atomic E-state index is 0.0106. The lowest BCUT2D eigenvalue weighted by Crippen LogP contribution is -2.55. The first-order chi connectivity index (χ1) is 14.5. The molecule has 0 atom stereocenters. The summed E-state index contributed by atoms with van der Waals surface area (Å²) in [5.74, 6) is 0.0455. The van der Waals surface area contributed by atoms with Crippen LogP contribution in [0.25, 0.3) is 5.57 Å². The minimum Gasteiger partial charge on any atom is -0.338 e. The standard InChI is InChI=1S/C23H27N5O2/c1-15-18-3-2-4-19(20(18)26-25-15)16-5-7-17(8-6-16)21(29)27-11-13-28(14-12-27)22(30)23(24)9-10-23/h4-8H,2-3,9-14,24H2,1H3,(H,25,26). The fraction of sp³-hybridized carbons (Fsp3) is 0.435. The fourth-order valence-corrected chi connectivity index (χ4v) is 4.44. The van der Waals surface area contributed by atoms with Gasteiger partial charge in [0.05, 0.1) is 11.2 Å². The van der Waals surface area contributed by atoms with Crippen molar-refractivity contribution < 1.29 is 9.59 Å². The van der Waals surface area contributed by atoms with Crippen LogP contribution < -0.4 is 5.73 Å². The Balaban J connectivity index is 1.26. The smallest absolute Gasteiger partial charge is 0.253 e. The second-order valence-electron chi connectivity index (χ2n) is 8.65. The van der Waals surface area contributed by atoms with E-state index >= 15 is 0 Å². The Hall–Kier alpha value is -2.93. The molecule has 0 radical (unpaired) electrons. The molecular formula is C23H27N5O2. The van der Waals surface area contributed by atoms with Crippen molar-refractivity contribution >= 4 is 17.4 Å². The maximum Gasteiger partial charge on any atom is 0.253 e. The number of benzene rings is 1. The fourth-order valence-electron chi connectivity index (χ4n) is 4.44. The number of rotatable bonds is 3. The molecule has 7 nitrogen and oxygen atoms in total. The number of aromatic nitrogens is 2. The number of piperazine rings is 1. The van der Waals surface area contributed by atoms with Crippen molar-refractivity contribution in [1.29, 1.82) is 0 Å². The highest BCUT2D eigenvalue weighted by Gasteiger charge is 2.48. The lowest BCUT2D eigenvalue weighted by atomic mass is 9.90. The largest absolute Gasteiger partial charge is 0.338 e. The van der Waals surface area contributed by atoms with Gasteiger partial charge in [0.15, 0.2) is 0 Å². The van der Waals surface area contributed by atoms with Crippen molar-refractivity contribution in [2.24, 2.45) is 5.73 Å². The van der Waals surface area contributed by atoms with E-state index in [1.165, 1.54) is 5.56 Å². The van der Waals surface area contributed by atoms with Crippen LogP contribution in [0.15, 0.2) is 30.3 Å². The molecule has 3 N–H and O–H groups in total. The number of aromatic amines is 1. The van der Waals surface area contributed by atoms with Gasteiger partial charge < -0.3 is 15.5 Å². The lowest BCUT2D eigenvalue weighted by molar-refractivity contribution is -0.135. The molecule has 2 fully saturated rings. The molecule has 0 spiro atoms. The molecule has 5 rings (SSSR count). The summed E-state index contributed by atoms with van der Waals surface area (Å²) in [6.45, 7) is 4.25. The third-order valence-corrected chi connectivity index (χ3v) is 6.58. The molecule has 156 valence electrons. The van der Waals surface area contributed by atoms with Gasteiger partial charge in [-0.05, 0) is 50.3 Å². The number of carbonyl (C=O) groups is 2. The quantitative estimate of drug-likeness (QED) is 0.815. The van der Waals surface area contributed by atoms with Gasteiger partial charge in [-0.25, -0.2) is 0 Å². The van der Waals surface area contributed by atoms with Gasteiger partial charge in [-0.3, -0.25) is 14.7 Å². The first-order valence-corrected chi connectivity index (χ1v) is 10.7. The van der Waals surface area contributed by atoms with Crippen molar-refractivity contribution in [3.63, 3.8) is 0 Å². The molecule has 7 heteroatoms. The maximum atomic E-state index is 12.9. The molecule has 3 aliphatic rings. The van der Waals surface area contributed by atoms with Gasteiger partial charge in [-0.15, -0.1) is 0 Å². The van der Waals surface area contributed by atoms with E-state index in [1.54, 1.807) is 4.90 Å². The highest BCUT2D eigenvalue weighted by molar-refractivity contribution is 5.95. The molecule has 1 aromatic carbocycles. The number of nitrogens with two attached hydrogens (primary N) is 1. The summed E-state index contributed by atoms with van der Waals surface area (Å²) in [5, 5.41) is 7.57. The van der Waals surface area contributed by atoms with Crippen LogP contribution in [-0.4, -0.2) is 63.5 Å². The molecule has 2 heterocycles. The Morgan fingerprint density at radius 3 is 2.40 bits per heavy atom. The van der Waals surface area contributed by atoms with Crippen LogP contribution in [0.5, 0.6) is 0 Å². The van der Waals surface area contributed by atoms with E-state index in [0.717, 1.165) is 48.2 Å². The molecule has 1 aromatic heterocycles. The summed E-state index contributed by atoms with van der Waals surface area (Å²) in [5.41, 5.74) is 11.7. The zero-order chi connectivity index (χ0) is 20.9. The van der Waals surface area contributed by atoms with Crippen LogP contribution in [0, 0.1) is 6.92 Å². The van der Waals surface area contributed by atoms with Gasteiger partial charge in [0.25, 0.3) is 5.91 Å². The lowest BCUT2D eigenvalue weighted by Gasteiger charge is -2.36. The molecule has 30 heavy (non-hydrogen) atoms. The number of nitrogens with one attached hydrogen (secondary N) is 1. The molecule has 0 unspecified atom stereocenters. The van der Waals surface area contributed by atoms with E-state index in [0.29, 0.717) is 31.7 Å². The van der Waals surface area contributed by atoms with Gasteiger partial charge in [-0.2, -0.15) is 5.10 Å². The number of H-pyrrole nitrogens is 1. The predicted molar refractivity (Wildman–Crippen MR) is 114 cm³/mol. The number of amides is 2. The van der Waals surface area contributed by atoms with Gasteiger partial charge in [0.1, 0.15) is 0 Å². The van der Waals surface area contributed by atoms with Crippen molar-refractivity contribution in [2.75, 3.05) is 26.2 Å². The van der Waals surface area contributed by atoms with Gasteiger partial charge in [0, 0.05) is 48.6 Å². The molecule has 1 saturated carbocycles. The van der Waals surface area contributed by atoms with Crippen LogP contribution in [0.3, 0.4) is 0 Å². The Kier molecular flexibility index (Phi) is 4.50. The minimum atomic E-state index is -0.636. The molecule has 1 aliphatic heterocycles.